The van der Waals surface area contributed by atoms with Gasteiger partial charge in [-0.1, -0.05) is 12.1 Å². The summed E-state index contributed by atoms with van der Waals surface area (Å²) in [7, 11) is 1.52. The molecule has 10 nitrogen and oxygen atoms in total. The number of anilines is 2. The van der Waals surface area contributed by atoms with E-state index in [2.05, 4.69) is 9.69 Å². The molecule has 0 bridgehead atoms. The van der Waals surface area contributed by atoms with E-state index in [1.54, 1.807) is 25.1 Å². The van der Waals surface area contributed by atoms with Gasteiger partial charge >= 0.3 is 0 Å². The van der Waals surface area contributed by atoms with E-state index in [1.165, 1.54) is 12.0 Å². The maximum atomic E-state index is 13.9. The molecule has 3 amide bonds. The Bertz CT molecular complexity index is 1220. The van der Waals surface area contributed by atoms with Gasteiger partial charge in [-0.25, -0.2) is 0 Å². The molecule has 0 unspecified atom stereocenters. The number of primary amides is 1. The Hall–Kier alpha value is -3.70. The maximum Gasteiger partial charge on any atom is 0.273 e. The van der Waals surface area contributed by atoms with E-state index in [9.17, 15) is 14.4 Å². The van der Waals surface area contributed by atoms with E-state index < -0.39 is 23.8 Å². The van der Waals surface area contributed by atoms with E-state index in [0.29, 0.717) is 11.4 Å². The van der Waals surface area contributed by atoms with Crippen LogP contribution in [0.15, 0.2) is 34.7 Å². The predicted molar refractivity (Wildman–Crippen MR) is 129 cm³/mol. The summed E-state index contributed by atoms with van der Waals surface area (Å²) in [6.07, 6.45) is 0. The second-order valence-corrected chi connectivity index (χ2v) is 8.51. The largest absolute Gasteiger partial charge is 0.464 e. The molecular weight excluding hydrogens is 458 g/mol. The first-order valence-corrected chi connectivity index (χ1v) is 11.2. The van der Waals surface area contributed by atoms with Crippen molar-refractivity contribution in [2.45, 2.75) is 26.8 Å². The van der Waals surface area contributed by atoms with Crippen molar-refractivity contribution >= 4 is 40.6 Å². The molecule has 1 atom stereocenters. The number of benzene rings is 1. The first kappa shape index (κ1) is 24.9. The third-order valence-corrected chi connectivity index (χ3v) is 5.99. The van der Waals surface area contributed by atoms with E-state index in [0.717, 1.165) is 22.7 Å². The number of ether oxygens (including phenoxy) is 1. The van der Waals surface area contributed by atoms with Crippen LogP contribution in [0.5, 0.6) is 0 Å². The number of hydrogen-bond acceptors (Lipinski definition) is 8. The minimum atomic E-state index is -1.17. The molecule has 2 aromatic heterocycles. The number of hydrogen-bond donors (Lipinski definition) is 3. The molecule has 0 aliphatic heterocycles. The van der Waals surface area contributed by atoms with Crippen LogP contribution >= 0.6 is 11.5 Å². The number of carbonyl (C=O) groups excluding carboxylic acids is 3. The quantitative estimate of drug-likeness (QED) is 0.393. The average molecular weight is 486 g/mol. The molecular formula is C23H27N5O5S. The smallest absolute Gasteiger partial charge is 0.273 e. The number of nitrogen functional groups attached to an aromatic ring is 1. The summed E-state index contributed by atoms with van der Waals surface area (Å²) in [5, 5.41) is 2.78. The Kier molecular flexibility index (Phi) is 7.69. The third kappa shape index (κ3) is 5.10. The van der Waals surface area contributed by atoms with Crippen molar-refractivity contribution in [2.24, 2.45) is 5.73 Å². The molecule has 0 aliphatic carbocycles. The molecule has 0 saturated heterocycles. The number of aromatic nitrogens is 1. The lowest BCUT2D eigenvalue weighted by atomic mass is 10.0. The topological polar surface area (TPSA) is 154 Å². The normalized spacial score (nSPS) is 11.8. The van der Waals surface area contributed by atoms with Crippen LogP contribution in [0, 0.1) is 20.8 Å². The van der Waals surface area contributed by atoms with E-state index in [-0.39, 0.29) is 35.2 Å². The van der Waals surface area contributed by atoms with Gasteiger partial charge in [0.15, 0.2) is 11.7 Å². The molecule has 0 fully saturated rings. The highest BCUT2D eigenvalue weighted by Gasteiger charge is 2.38. The minimum Gasteiger partial charge on any atom is -0.464 e. The summed E-state index contributed by atoms with van der Waals surface area (Å²) >= 11 is 0.747. The lowest BCUT2D eigenvalue weighted by Crippen LogP contribution is -2.45. The van der Waals surface area contributed by atoms with Gasteiger partial charge in [0.05, 0.1) is 12.3 Å². The first-order chi connectivity index (χ1) is 16.1. The highest BCUT2D eigenvalue weighted by molar-refractivity contribution is 7.09. The SMILES string of the molecule is COCCNC(=O)[C@H](c1ccc(C)o1)N(C(=O)c1snc(C(N)=O)c1N)c1cc(C)ccc1C. The molecule has 2 heterocycles. The van der Waals surface area contributed by atoms with Crippen molar-refractivity contribution in [1.82, 2.24) is 9.69 Å². The van der Waals surface area contributed by atoms with Crippen molar-refractivity contribution in [3.05, 3.63) is 63.6 Å². The highest BCUT2D eigenvalue weighted by Crippen LogP contribution is 2.35. The lowest BCUT2D eigenvalue weighted by molar-refractivity contribution is -0.123. The van der Waals surface area contributed by atoms with E-state index in [4.69, 9.17) is 20.6 Å². The molecule has 0 spiro atoms. The van der Waals surface area contributed by atoms with Gasteiger partial charge in [-0.3, -0.25) is 19.3 Å². The summed E-state index contributed by atoms with van der Waals surface area (Å²) < 4.78 is 14.8. The Morgan fingerprint density at radius 1 is 1.21 bits per heavy atom. The summed E-state index contributed by atoms with van der Waals surface area (Å²) in [5.74, 6) is -1.09. The van der Waals surface area contributed by atoms with Crippen LogP contribution < -0.4 is 21.7 Å². The predicted octanol–water partition coefficient (Wildman–Crippen LogP) is 2.49. The number of nitrogens with two attached hydrogens (primary N) is 2. The van der Waals surface area contributed by atoms with Crippen molar-refractivity contribution in [3.8, 4) is 0 Å². The fourth-order valence-corrected chi connectivity index (χ4v) is 4.17. The first-order valence-electron chi connectivity index (χ1n) is 10.4. The Labute approximate surface area is 201 Å². The van der Waals surface area contributed by atoms with E-state index >= 15 is 0 Å². The van der Waals surface area contributed by atoms with Crippen molar-refractivity contribution < 1.29 is 23.5 Å². The summed E-state index contributed by atoms with van der Waals surface area (Å²) in [4.78, 5) is 40.4. The van der Waals surface area contributed by atoms with Gasteiger partial charge in [-0.15, -0.1) is 0 Å². The molecule has 3 aromatic rings. The molecule has 11 heteroatoms. The number of nitrogens with zero attached hydrogens (tertiary/aromatic N) is 2. The van der Waals surface area contributed by atoms with Crippen molar-refractivity contribution in [3.63, 3.8) is 0 Å². The van der Waals surface area contributed by atoms with Gasteiger partial charge in [0, 0.05) is 19.3 Å². The number of carbonyl (C=O) groups is 3. The molecule has 34 heavy (non-hydrogen) atoms. The van der Waals surface area contributed by atoms with Crippen LogP contribution in [0.4, 0.5) is 11.4 Å². The number of furan rings is 1. The van der Waals surface area contributed by atoms with Crippen molar-refractivity contribution in [1.29, 1.82) is 0 Å². The van der Waals surface area contributed by atoms with Crippen LogP contribution in [0.1, 0.15) is 48.8 Å². The molecule has 0 saturated carbocycles. The van der Waals surface area contributed by atoms with Gasteiger partial charge in [-0.05, 0) is 61.6 Å². The molecule has 3 rings (SSSR count). The zero-order valence-electron chi connectivity index (χ0n) is 19.4. The second kappa shape index (κ2) is 10.5. The molecule has 0 aliphatic rings. The molecule has 180 valence electrons. The molecule has 1 aromatic carbocycles. The average Bonchev–Trinajstić information content (AvgIpc) is 3.39. The molecule has 5 N–H and O–H groups in total. The number of aryl methyl sites for hydroxylation is 3. The van der Waals surface area contributed by atoms with Crippen molar-refractivity contribution in [2.75, 3.05) is 30.9 Å². The lowest BCUT2D eigenvalue weighted by Gasteiger charge is -2.31. The zero-order chi connectivity index (χ0) is 25.0. The van der Waals surface area contributed by atoms with Gasteiger partial charge in [0.25, 0.3) is 17.7 Å². The van der Waals surface area contributed by atoms with E-state index in [1.807, 2.05) is 26.0 Å². The monoisotopic (exact) mass is 485 g/mol. The van der Waals surface area contributed by atoms with Crippen LogP contribution in [-0.2, 0) is 9.53 Å². The van der Waals surface area contributed by atoms with Crippen LogP contribution in [-0.4, -0.2) is 42.4 Å². The summed E-state index contributed by atoms with van der Waals surface area (Å²) in [5.41, 5.74) is 13.2. The zero-order valence-corrected chi connectivity index (χ0v) is 20.2. The number of nitrogens with one attached hydrogen (secondary N) is 1. The van der Waals surface area contributed by atoms with Gasteiger partial charge in [0.2, 0.25) is 0 Å². The fraction of sp³-hybridized carbons (Fsp3) is 0.304. The van der Waals surface area contributed by atoms with Gasteiger partial charge in [-0.2, -0.15) is 4.37 Å². The Balaban J connectivity index is 2.21. The number of rotatable bonds is 9. The third-order valence-electron chi connectivity index (χ3n) is 5.14. The van der Waals surface area contributed by atoms with Crippen LogP contribution in [0.2, 0.25) is 0 Å². The highest BCUT2D eigenvalue weighted by atomic mass is 32.1. The van der Waals surface area contributed by atoms with Gasteiger partial charge in [0.1, 0.15) is 16.4 Å². The molecule has 0 radical (unpaired) electrons. The second-order valence-electron chi connectivity index (χ2n) is 7.74. The number of amides is 3. The fourth-order valence-electron chi connectivity index (χ4n) is 3.43. The minimum absolute atomic E-state index is 0.00678. The Morgan fingerprint density at radius 2 is 1.94 bits per heavy atom. The maximum absolute atomic E-state index is 13.9. The van der Waals surface area contributed by atoms with Crippen LogP contribution in [0.3, 0.4) is 0 Å². The van der Waals surface area contributed by atoms with Gasteiger partial charge < -0.3 is 25.9 Å². The Morgan fingerprint density at radius 3 is 2.53 bits per heavy atom. The summed E-state index contributed by atoms with van der Waals surface area (Å²) in [6, 6.07) is 7.73. The summed E-state index contributed by atoms with van der Waals surface area (Å²) in [6.45, 7) is 5.97. The van der Waals surface area contributed by atoms with Crippen LogP contribution in [0.25, 0.3) is 0 Å². The standard InChI is InChI=1S/C23H27N5O5S/c1-12-5-6-13(2)15(11-12)28(23(31)20-17(24)18(21(25)29)27-34-20)19(16-8-7-14(3)33-16)22(30)26-9-10-32-4/h5-8,11,19H,9-10,24H2,1-4H3,(H2,25,29)(H,26,30)/t19-/m0/s1. The number of methoxy groups -OCH3 is 1.